The lowest BCUT2D eigenvalue weighted by atomic mass is 10.0. The summed E-state index contributed by atoms with van der Waals surface area (Å²) in [6, 6.07) is 26.7. The smallest absolute Gasteiger partial charge is 0.227 e. The molecule has 5 aromatic rings. The number of nitrogens with one attached hydrogen (secondary N) is 1. The highest BCUT2D eigenvalue weighted by Crippen LogP contribution is 2.28. The Morgan fingerprint density at radius 3 is 2.45 bits per heavy atom. The monoisotopic (exact) mass is 382 g/mol. The third-order valence-electron chi connectivity index (χ3n) is 4.95. The maximum absolute atomic E-state index is 12.9. The Hall–Kier alpha value is -3.86. The molecular weight excluding hydrogens is 364 g/mol. The minimum absolute atomic E-state index is 0.126. The van der Waals surface area contributed by atoms with E-state index in [1.807, 2.05) is 84.9 Å². The molecule has 29 heavy (non-hydrogen) atoms. The van der Waals surface area contributed by atoms with E-state index in [0.717, 1.165) is 21.9 Å². The van der Waals surface area contributed by atoms with Gasteiger partial charge in [-0.05, 0) is 29.8 Å². The van der Waals surface area contributed by atoms with E-state index >= 15 is 0 Å². The van der Waals surface area contributed by atoms with Crippen LogP contribution in [0.2, 0.25) is 0 Å². The molecule has 1 unspecified atom stereocenters. The van der Waals surface area contributed by atoms with Gasteiger partial charge in [0, 0.05) is 10.8 Å². The third-order valence-corrected chi connectivity index (χ3v) is 4.95. The van der Waals surface area contributed by atoms with Crippen LogP contribution in [0.1, 0.15) is 23.1 Å². The molecule has 1 N–H and O–H groups in total. The second kappa shape index (κ2) is 7.28. The van der Waals surface area contributed by atoms with Crippen molar-refractivity contribution in [3.8, 4) is 0 Å². The van der Waals surface area contributed by atoms with Crippen molar-refractivity contribution in [2.24, 2.45) is 0 Å². The minimum atomic E-state index is -0.394. The second-order valence-corrected chi connectivity index (χ2v) is 6.90. The number of nitrogens with zero attached hydrogens (tertiary/aromatic N) is 1. The molecule has 1 amide bonds. The van der Waals surface area contributed by atoms with Gasteiger partial charge in [0.1, 0.15) is 23.1 Å². The summed E-state index contributed by atoms with van der Waals surface area (Å²) in [6.07, 6.45) is 0.126. The van der Waals surface area contributed by atoms with E-state index in [0.29, 0.717) is 17.0 Å². The molecule has 0 saturated carbocycles. The Morgan fingerprint density at radius 2 is 1.62 bits per heavy atom. The van der Waals surface area contributed by atoms with E-state index in [9.17, 15) is 4.79 Å². The number of rotatable bonds is 5. The van der Waals surface area contributed by atoms with Crippen LogP contribution in [0.5, 0.6) is 0 Å². The fourth-order valence-corrected chi connectivity index (χ4v) is 3.54. The van der Waals surface area contributed by atoms with Crippen molar-refractivity contribution in [1.82, 2.24) is 10.5 Å². The number of fused-ring (bicyclic) bond motifs is 2. The molecule has 5 rings (SSSR count). The molecule has 142 valence electrons. The van der Waals surface area contributed by atoms with Crippen molar-refractivity contribution in [2.45, 2.75) is 12.5 Å². The Morgan fingerprint density at radius 1 is 0.897 bits per heavy atom. The van der Waals surface area contributed by atoms with Gasteiger partial charge in [-0.2, -0.15) is 0 Å². The second-order valence-electron chi connectivity index (χ2n) is 6.90. The fourth-order valence-electron chi connectivity index (χ4n) is 3.54. The van der Waals surface area contributed by atoms with E-state index < -0.39 is 6.04 Å². The van der Waals surface area contributed by atoms with Gasteiger partial charge < -0.3 is 14.3 Å². The Kier molecular flexibility index (Phi) is 4.33. The molecule has 0 bridgehead atoms. The summed E-state index contributed by atoms with van der Waals surface area (Å²) in [7, 11) is 0. The van der Waals surface area contributed by atoms with Crippen LogP contribution in [0.25, 0.3) is 21.9 Å². The van der Waals surface area contributed by atoms with Gasteiger partial charge in [-0.1, -0.05) is 65.8 Å². The lowest BCUT2D eigenvalue weighted by Crippen LogP contribution is -2.30. The van der Waals surface area contributed by atoms with Gasteiger partial charge in [-0.3, -0.25) is 4.79 Å². The van der Waals surface area contributed by atoms with Gasteiger partial charge >= 0.3 is 0 Å². The Labute approximate surface area is 166 Å². The zero-order chi connectivity index (χ0) is 19.6. The number of furan rings is 1. The van der Waals surface area contributed by atoms with Crippen LogP contribution in [-0.4, -0.2) is 11.1 Å². The van der Waals surface area contributed by atoms with Crippen LogP contribution in [0.15, 0.2) is 93.9 Å². The molecule has 0 aliphatic heterocycles. The van der Waals surface area contributed by atoms with Gasteiger partial charge in [0.05, 0.1) is 6.42 Å². The van der Waals surface area contributed by atoms with Gasteiger partial charge in [-0.15, -0.1) is 0 Å². The van der Waals surface area contributed by atoms with Crippen molar-refractivity contribution in [1.29, 1.82) is 0 Å². The van der Waals surface area contributed by atoms with Crippen molar-refractivity contribution < 1.29 is 13.7 Å². The summed E-state index contributed by atoms with van der Waals surface area (Å²) in [4.78, 5) is 12.9. The summed E-state index contributed by atoms with van der Waals surface area (Å²) in [5, 5.41) is 9.01. The first-order valence-corrected chi connectivity index (χ1v) is 9.44. The van der Waals surface area contributed by atoms with Crippen LogP contribution in [0.4, 0.5) is 0 Å². The lowest BCUT2D eigenvalue weighted by Gasteiger charge is -2.17. The molecule has 0 spiro atoms. The summed E-state index contributed by atoms with van der Waals surface area (Å²) < 4.78 is 11.4. The number of hydrogen-bond donors (Lipinski definition) is 1. The molecule has 0 aliphatic rings. The predicted octanol–water partition coefficient (Wildman–Crippen LogP) is 5.02. The van der Waals surface area contributed by atoms with Crippen molar-refractivity contribution in [3.05, 3.63) is 102 Å². The number of aromatic nitrogens is 1. The third kappa shape index (κ3) is 3.38. The average molecular weight is 382 g/mol. The summed E-state index contributed by atoms with van der Waals surface area (Å²) in [6.45, 7) is 0. The van der Waals surface area contributed by atoms with E-state index in [1.165, 1.54) is 0 Å². The molecule has 2 heterocycles. The molecule has 0 fully saturated rings. The number of carbonyl (C=O) groups is 1. The highest BCUT2D eigenvalue weighted by atomic mass is 16.5. The van der Waals surface area contributed by atoms with Crippen molar-refractivity contribution in [3.63, 3.8) is 0 Å². The molecule has 1 atom stereocenters. The number of carbonyl (C=O) groups excluding carboxylic acids is 1. The topological polar surface area (TPSA) is 68.3 Å². The number of hydrogen-bond acceptors (Lipinski definition) is 4. The number of benzene rings is 3. The van der Waals surface area contributed by atoms with Crippen LogP contribution >= 0.6 is 0 Å². The van der Waals surface area contributed by atoms with Crippen molar-refractivity contribution in [2.75, 3.05) is 0 Å². The Balaban J connectivity index is 1.46. The molecule has 0 saturated heterocycles. The minimum Gasteiger partial charge on any atom is -0.459 e. The van der Waals surface area contributed by atoms with E-state index in [-0.39, 0.29) is 12.3 Å². The van der Waals surface area contributed by atoms with Crippen molar-refractivity contribution >= 4 is 27.8 Å². The van der Waals surface area contributed by atoms with E-state index in [1.54, 1.807) is 0 Å². The Bertz CT molecular complexity index is 1250. The van der Waals surface area contributed by atoms with Crippen LogP contribution in [0.3, 0.4) is 0 Å². The SMILES string of the molecule is O=C(Cc1noc2ccccc12)NC(c1ccccc1)c1cc2ccccc2o1. The first-order valence-electron chi connectivity index (χ1n) is 9.44. The normalized spacial score (nSPS) is 12.3. The standard InChI is InChI=1S/C24H18N2O3/c27-23(15-19-18-11-5-7-13-21(18)29-26-19)25-24(16-8-2-1-3-9-16)22-14-17-10-4-6-12-20(17)28-22/h1-14,24H,15H2,(H,25,27). The molecular formula is C24H18N2O3. The van der Waals surface area contributed by atoms with Gasteiger partial charge in [0.2, 0.25) is 5.91 Å². The zero-order valence-electron chi connectivity index (χ0n) is 15.5. The largest absolute Gasteiger partial charge is 0.459 e. The first kappa shape index (κ1) is 17.3. The molecule has 5 nitrogen and oxygen atoms in total. The summed E-state index contributed by atoms with van der Waals surface area (Å²) in [5.41, 5.74) is 3.03. The summed E-state index contributed by atoms with van der Waals surface area (Å²) >= 11 is 0. The molecule has 0 aliphatic carbocycles. The fraction of sp³-hybridized carbons (Fsp3) is 0.0833. The number of para-hydroxylation sites is 2. The molecule has 3 aromatic carbocycles. The maximum atomic E-state index is 12.9. The average Bonchev–Trinajstić information content (AvgIpc) is 3.37. The van der Waals surface area contributed by atoms with Crippen LogP contribution < -0.4 is 5.32 Å². The van der Waals surface area contributed by atoms with Gasteiger partial charge in [0.25, 0.3) is 0 Å². The van der Waals surface area contributed by atoms with E-state index in [2.05, 4.69) is 10.5 Å². The maximum Gasteiger partial charge on any atom is 0.227 e. The van der Waals surface area contributed by atoms with Crippen LogP contribution in [0, 0.1) is 0 Å². The molecule has 0 radical (unpaired) electrons. The highest BCUT2D eigenvalue weighted by molar-refractivity contribution is 5.86. The van der Waals surface area contributed by atoms with Gasteiger partial charge in [0.15, 0.2) is 5.58 Å². The van der Waals surface area contributed by atoms with E-state index in [4.69, 9.17) is 8.94 Å². The quantitative estimate of drug-likeness (QED) is 0.463. The highest BCUT2D eigenvalue weighted by Gasteiger charge is 2.22. The first-order chi connectivity index (χ1) is 14.3. The van der Waals surface area contributed by atoms with Crippen LogP contribution in [-0.2, 0) is 11.2 Å². The summed E-state index contributed by atoms with van der Waals surface area (Å²) in [5.74, 6) is 0.536. The van der Waals surface area contributed by atoms with Gasteiger partial charge in [-0.25, -0.2) is 0 Å². The number of amides is 1. The predicted molar refractivity (Wildman–Crippen MR) is 110 cm³/mol. The lowest BCUT2D eigenvalue weighted by molar-refractivity contribution is -0.121. The molecule has 5 heteroatoms. The zero-order valence-corrected chi connectivity index (χ0v) is 15.5. The molecule has 2 aromatic heterocycles.